The average molecular weight is 385 g/mol. The summed E-state index contributed by atoms with van der Waals surface area (Å²) in [5.41, 5.74) is 2.91. The Labute approximate surface area is 162 Å². The van der Waals surface area contributed by atoms with E-state index in [-0.39, 0.29) is 11.9 Å². The van der Waals surface area contributed by atoms with Gasteiger partial charge in [-0.05, 0) is 41.1 Å². The summed E-state index contributed by atoms with van der Waals surface area (Å²) in [5.74, 6) is 0.0359. The lowest BCUT2D eigenvalue weighted by Crippen LogP contribution is -2.42. The molecule has 2 aromatic rings. The molecule has 0 saturated carbocycles. The average Bonchev–Trinajstić information content (AvgIpc) is 3.20. The Morgan fingerprint density at radius 2 is 1.81 bits per heavy atom. The predicted octanol–water partition coefficient (Wildman–Crippen LogP) is 2.49. The fourth-order valence-electron chi connectivity index (χ4n) is 3.43. The zero-order valence-electron chi connectivity index (χ0n) is 15.1. The molecule has 0 atom stereocenters. The molecule has 0 aliphatic carbocycles. The summed E-state index contributed by atoms with van der Waals surface area (Å²) in [5, 5.41) is 5.07. The second-order valence-corrected chi connectivity index (χ2v) is 7.80. The van der Waals surface area contributed by atoms with Crippen LogP contribution in [-0.4, -0.2) is 54.6 Å². The number of benzene rings is 1. The second-order valence-electron chi connectivity index (χ2n) is 6.80. The second kappa shape index (κ2) is 8.10. The molecule has 2 aliphatic heterocycles. The van der Waals surface area contributed by atoms with Crippen LogP contribution in [0.5, 0.6) is 0 Å². The van der Waals surface area contributed by atoms with Crippen molar-refractivity contribution in [3.05, 3.63) is 57.3 Å². The van der Waals surface area contributed by atoms with E-state index in [0.29, 0.717) is 45.0 Å². The van der Waals surface area contributed by atoms with Crippen LogP contribution in [0.3, 0.4) is 0 Å². The number of ether oxygens (including phenoxy) is 1. The number of thiophene rings is 1. The summed E-state index contributed by atoms with van der Waals surface area (Å²) in [6, 6.07) is 9.53. The first-order valence-corrected chi connectivity index (χ1v) is 10.1. The molecule has 7 heteroatoms. The third kappa shape index (κ3) is 4.14. The normalized spacial score (nSPS) is 16.7. The highest BCUT2D eigenvalue weighted by molar-refractivity contribution is 7.10. The number of carbonyl (C=O) groups is 2. The summed E-state index contributed by atoms with van der Waals surface area (Å²) in [6.45, 7) is 4.36. The van der Waals surface area contributed by atoms with Crippen molar-refractivity contribution in [1.82, 2.24) is 15.1 Å². The van der Waals surface area contributed by atoms with Crippen molar-refractivity contribution in [2.75, 3.05) is 32.8 Å². The van der Waals surface area contributed by atoms with Gasteiger partial charge in [-0.15, -0.1) is 11.3 Å². The molecule has 3 amide bonds. The SMILES string of the molecule is O=C(NCc1ccc(C(=O)N2CCOCC2)cc1)N1CCc2sccc2C1. The standard InChI is InChI=1S/C20H23N3O3S/c24-19(22-8-10-26-11-9-22)16-3-1-15(2-4-16)13-21-20(25)23-7-5-18-17(14-23)6-12-27-18/h1-4,6,12H,5,7-11,13-14H2,(H,21,25). The summed E-state index contributed by atoms with van der Waals surface area (Å²) in [7, 11) is 0. The number of nitrogens with zero attached hydrogens (tertiary/aromatic N) is 2. The minimum atomic E-state index is -0.0414. The van der Waals surface area contributed by atoms with E-state index in [9.17, 15) is 9.59 Å². The van der Waals surface area contributed by atoms with Crippen LogP contribution < -0.4 is 5.32 Å². The van der Waals surface area contributed by atoms with Gasteiger partial charge in [0.25, 0.3) is 5.91 Å². The van der Waals surface area contributed by atoms with Crippen LogP contribution in [0, 0.1) is 0 Å². The van der Waals surface area contributed by atoms with E-state index in [0.717, 1.165) is 18.5 Å². The van der Waals surface area contributed by atoms with Crippen molar-refractivity contribution >= 4 is 23.3 Å². The first-order chi connectivity index (χ1) is 13.2. The highest BCUT2D eigenvalue weighted by Gasteiger charge is 2.21. The largest absolute Gasteiger partial charge is 0.378 e. The number of morpholine rings is 1. The Balaban J connectivity index is 1.30. The number of carbonyl (C=O) groups excluding carboxylic acids is 2. The van der Waals surface area contributed by atoms with Gasteiger partial charge in [0.2, 0.25) is 0 Å². The number of rotatable bonds is 3. The van der Waals surface area contributed by atoms with Gasteiger partial charge >= 0.3 is 6.03 Å². The van der Waals surface area contributed by atoms with Crippen LogP contribution in [0.2, 0.25) is 0 Å². The van der Waals surface area contributed by atoms with Crippen molar-refractivity contribution in [3.8, 4) is 0 Å². The van der Waals surface area contributed by atoms with E-state index in [2.05, 4.69) is 16.8 Å². The first kappa shape index (κ1) is 18.0. The molecule has 1 fully saturated rings. The van der Waals surface area contributed by atoms with Crippen LogP contribution in [0.15, 0.2) is 35.7 Å². The predicted molar refractivity (Wildman–Crippen MR) is 104 cm³/mol. The third-order valence-electron chi connectivity index (χ3n) is 5.04. The molecule has 1 N–H and O–H groups in total. The minimum absolute atomic E-state index is 0.0359. The smallest absolute Gasteiger partial charge is 0.317 e. The quantitative estimate of drug-likeness (QED) is 0.883. The molecule has 27 heavy (non-hydrogen) atoms. The Morgan fingerprint density at radius 1 is 1.04 bits per heavy atom. The number of hydrogen-bond acceptors (Lipinski definition) is 4. The summed E-state index contributed by atoms with van der Waals surface area (Å²) >= 11 is 1.77. The maximum Gasteiger partial charge on any atom is 0.317 e. The van der Waals surface area contributed by atoms with Crippen molar-refractivity contribution in [1.29, 1.82) is 0 Å². The van der Waals surface area contributed by atoms with E-state index in [1.807, 2.05) is 34.1 Å². The Kier molecular flexibility index (Phi) is 5.40. The highest BCUT2D eigenvalue weighted by Crippen LogP contribution is 2.23. The van der Waals surface area contributed by atoms with E-state index >= 15 is 0 Å². The van der Waals surface area contributed by atoms with Gasteiger partial charge < -0.3 is 19.9 Å². The van der Waals surface area contributed by atoms with E-state index in [1.165, 1.54) is 10.4 Å². The van der Waals surface area contributed by atoms with Gasteiger partial charge in [-0.25, -0.2) is 4.79 Å². The first-order valence-electron chi connectivity index (χ1n) is 9.25. The molecule has 2 aliphatic rings. The van der Waals surface area contributed by atoms with Crippen molar-refractivity contribution in [2.45, 2.75) is 19.5 Å². The molecule has 4 rings (SSSR count). The number of hydrogen-bond donors (Lipinski definition) is 1. The summed E-state index contributed by atoms with van der Waals surface area (Å²) in [6.07, 6.45) is 0.929. The Hall–Kier alpha value is -2.38. The van der Waals surface area contributed by atoms with Crippen LogP contribution in [0.4, 0.5) is 4.79 Å². The topological polar surface area (TPSA) is 61.9 Å². The van der Waals surface area contributed by atoms with E-state index in [1.54, 1.807) is 11.3 Å². The molecule has 1 aromatic carbocycles. The van der Waals surface area contributed by atoms with Crippen molar-refractivity contribution in [2.24, 2.45) is 0 Å². The molecule has 0 unspecified atom stereocenters. The lowest BCUT2D eigenvalue weighted by molar-refractivity contribution is 0.0303. The van der Waals surface area contributed by atoms with Gasteiger partial charge in [0.1, 0.15) is 0 Å². The van der Waals surface area contributed by atoms with Gasteiger partial charge in [-0.2, -0.15) is 0 Å². The molecule has 0 radical (unpaired) electrons. The van der Waals surface area contributed by atoms with Crippen LogP contribution in [-0.2, 0) is 24.2 Å². The third-order valence-corrected chi connectivity index (χ3v) is 6.06. The van der Waals surface area contributed by atoms with Gasteiger partial charge in [0.15, 0.2) is 0 Å². The molecule has 6 nitrogen and oxygen atoms in total. The molecule has 1 aromatic heterocycles. The van der Waals surface area contributed by atoms with Gasteiger partial charge in [0, 0.05) is 43.2 Å². The van der Waals surface area contributed by atoms with Crippen LogP contribution >= 0.6 is 11.3 Å². The number of fused-ring (bicyclic) bond motifs is 1. The van der Waals surface area contributed by atoms with Crippen LogP contribution in [0.1, 0.15) is 26.4 Å². The molecular formula is C20H23N3O3S. The zero-order chi connectivity index (χ0) is 18.6. The zero-order valence-corrected chi connectivity index (χ0v) is 16.0. The number of urea groups is 1. The van der Waals surface area contributed by atoms with Gasteiger partial charge in [-0.1, -0.05) is 12.1 Å². The molecule has 142 valence electrons. The maximum atomic E-state index is 12.5. The minimum Gasteiger partial charge on any atom is -0.378 e. The highest BCUT2D eigenvalue weighted by atomic mass is 32.1. The fraction of sp³-hybridized carbons (Fsp3) is 0.400. The lowest BCUT2D eigenvalue weighted by atomic mass is 10.1. The van der Waals surface area contributed by atoms with Crippen molar-refractivity contribution in [3.63, 3.8) is 0 Å². The van der Waals surface area contributed by atoms with E-state index in [4.69, 9.17) is 4.74 Å². The molecular weight excluding hydrogens is 362 g/mol. The molecule has 0 bridgehead atoms. The van der Waals surface area contributed by atoms with Crippen molar-refractivity contribution < 1.29 is 14.3 Å². The maximum absolute atomic E-state index is 12.5. The molecule has 1 saturated heterocycles. The van der Waals surface area contributed by atoms with Crippen LogP contribution in [0.25, 0.3) is 0 Å². The lowest BCUT2D eigenvalue weighted by Gasteiger charge is -2.27. The molecule has 3 heterocycles. The summed E-state index contributed by atoms with van der Waals surface area (Å²) < 4.78 is 5.29. The summed E-state index contributed by atoms with van der Waals surface area (Å²) in [4.78, 5) is 29.9. The number of nitrogens with one attached hydrogen (secondary N) is 1. The Bertz CT molecular complexity index is 812. The molecule has 0 spiro atoms. The van der Waals surface area contributed by atoms with Gasteiger partial charge in [-0.3, -0.25) is 4.79 Å². The number of amides is 3. The Morgan fingerprint density at radius 3 is 2.59 bits per heavy atom. The van der Waals surface area contributed by atoms with Gasteiger partial charge in [0.05, 0.1) is 13.2 Å². The van der Waals surface area contributed by atoms with E-state index < -0.39 is 0 Å². The monoisotopic (exact) mass is 385 g/mol. The fourth-order valence-corrected chi connectivity index (χ4v) is 4.32.